The van der Waals surface area contributed by atoms with E-state index in [-0.39, 0.29) is 24.1 Å². The van der Waals surface area contributed by atoms with Gasteiger partial charge in [-0.05, 0) is 44.0 Å². The highest BCUT2D eigenvalue weighted by Crippen LogP contribution is 2.22. The normalized spacial score (nSPS) is 17.4. The number of amides is 1. The van der Waals surface area contributed by atoms with Crippen LogP contribution in [0.5, 0.6) is 5.75 Å². The number of halogens is 4. The fourth-order valence-corrected chi connectivity index (χ4v) is 2.35. The summed E-state index contributed by atoms with van der Waals surface area (Å²) in [5.41, 5.74) is 0.439. The SMILES string of the molecule is Cl.O=C(CCC1CCNC1)Nc1cccc(OCC(F)(F)F)c1. The molecule has 1 aromatic carbocycles. The number of hydrogen-bond acceptors (Lipinski definition) is 3. The summed E-state index contributed by atoms with van der Waals surface area (Å²) < 4.78 is 41.0. The third-order valence-corrected chi connectivity index (χ3v) is 3.46. The van der Waals surface area contributed by atoms with Gasteiger partial charge in [0, 0.05) is 18.2 Å². The maximum Gasteiger partial charge on any atom is 0.422 e. The van der Waals surface area contributed by atoms with E-state index in [1.165, 1.54) is 12.1 Å². The maximum atomic E-state index is 12.1. The highest BCUT2D eigenvalue weighted by atomic mass is 35.5. The summed E-state index contributed by atoms with van der Waals surface area (Å²) in [6, 6.07) is 5.98. The van der Waals surface area contributed by atoms with Gasteiger partial charge in [-0.15, -0.1) is 12.4 Å². The Morgan fingerprint density at radius 3 is 2.83 bits per heavy atom. The number of hydrogen-bond donors (Lipinski definition) is 2. The van der Waals surface area contributed by atoms with Crippen LogP contribution >= 0.6 is 12.4 Å². The summed E-state index contributed by atoms with van der Waals surface area (Å²) in [7, 11) is 0. The van der Waals surface area contributed by atoms with Crippen molar-refractivity contribution >= 4 is 24.0 Å². The second-order valence-corrected chi connectivity index (χ2v) is 5.38. The number of benzene rings is 1. The zero-order valence-electron chi connectivity index (χ0n) is 12.5. The molecule has 1 amide bonds. The third-order valence-electron chi connectivity index (χ3n) is 3.46. The fourth-order valence-electron chi connectivity index (χ4n) is 2.35. The Kier molecular flexibility index (Phi) is 7.64. The van der Waals surface area contributed by atoms with E-state index in [4.69, 9.17) is 0 Å². The van der Waals surface area contributed by atoms with Crippen LogP contribution in [0.25, 0.3) is 0 Å². The first-order chi connectivity index (χ1) is 10.4. The number of carbonyl (C=O) groups excluding carboxylic acids is 1. The Bertz CT molecular complexity index is 506. The van der Waals surface area contributed by atoms with Crippen LogP contribution < -0.4 is 15.4 Å². The van der Waals surface area contributed by atoms with E-state index in [9.17, 15) is 18.0 Å². The Hall–Kier alpha value is -1.47. The Morgan fingerprint density at radius 2 is 2.17 bits per heavy atom. The molecule has 1 saturated heterocycles. The van der Waals surface area contributed by atoms with Crippen molar-refractivity contribution < 1.29 is 22.7 Å². The highest BCUT2D eigenvalue weighted by Gasteiger charge is 2.28. The molecule has 1 aromatic rings. The number of alkyl halides is 3. The van der Waals surface area contributed by atoms with E-state index in [0.29, 0.717) is 18.0 Å². The summed E-state index contributed by atoms with van der Waals surface area (Å²) in [4.78, 5) is 11.8. The molecular weight excluding hydrogens is 333 g/mol. The predicted octanol–water partition coefficient (Wildman–Crippen LogP) is 3.38. The predicted molar refractivity (Wildman–Crippen MR) is 84.1 cm³/mol. The maximum absolute atomic E-state index is 12.1. The van der Waals surface area contributed by atoms with E-state index in [1.54, 1.807) is 12.1 Å². The van der Waals surface area contributed by atoms with Crippen LogP contribution in [0.4, 0.5) is 18.9 Å². The number of ether oxygens (including phenoxy) is 1. The molecule has 1 heterocycles. The van der Waals surface area contributed by atoms with Crippen molar-refractivity contribution in [3.8, 4) is 5.75 Å². The van der Waals surface area contributed by atoms with Crippen LogP contribution in [-0.2, 0) is 4.79 Å². The smallest absolute Gasteiger partial charge is 0.422 e. The second-order valence-electron chi connectivity index (χ2n) is 5.38. The molecule has 130 valence electrons. The minimum atomic E-state index is -4.38. The Morgan fingerprint density at radius 1 is 1.39 bits per heavy atom. The van der Waals surface area contributed by atoms with Crippen LogP contribution in [0.3, 0.4) is 0 Å². The van der Waals surface area contributed by atoms with Crippen molar-refractivity contribution in [2.24, 2.45) is 5.92 Å². The summed E-state index contributed by atoms with van der Waals surface area (Å²) in [5, 5.41) is 5.92. The molecule has 0 spiro atoms. The number of anilines is 1. The van der Waals surface area contributed by atoms with Gasteiger partial charge in [-0.2, -0.15) is 13.2 Å². The van der Waals surface area contributed by atoms with Crippen molar-refractivity contribution in [3.63, 3.8) is 0 Å². The van der Waals surface area contributed by atoms with Gasteiger partial charge in [0.25, 0.3) is 0 Å². The van der Waals surface area contributed by atoms with Gasteiger partial charge in [0.05, 0.1) is 0 Å². The summed E-state index contributed by atoms with van der Waals surface area (Å²) in [5.74, 6) is 0.460. The lowest BCUT2D eigenvalue weighted by Crippen LogP contribution is -2.19. The number of carbonyl (C=O) groups is 1. The summed E-state index contributed by atoms with van der Waals surface area (Å²) in [6.45, 7) is 0.581. The minimum Gasteiger partial charge on any atom is -0.484 e. The lowest BCUT2D eigenvalue weighted by molar-refractivity contribution is -0.153. The Labute approximate surface area is 139 Å². The minimum absolute atomic E-state index is 0. The van der Waals surface area contributed by atoms with E-state index in [0.717, 1.165) is 25.9 Å². The van der Waals surface area contributed by atoms with Crippen molar-refractivity contribution in [2.75, 3.05) is 25.0 Å². The quantitative estimate of drug-likeness (QED) is 0.825. The van der Waals surface area contributed by atoms with Crippen LogP contribution in [0, 0.1) is 5.92 Å². The topological polar surface area (TPSA) is 50.4 Å². The van der Waals surface area contributed by atoms with Crippen LogP contribution in [-0.4, -0.2) is 31.8 Å². The van der Waals surface area contributed by atoms with E-state index in [1.807, 2.05) is 0 Å². The van der Waals surface area contributed by atoms with Crippen LogP contribution in [0.15, 0.2) is 24.3 Å². The average molecular weight is 353 g/mol. The second kappa shape index (κ2) is 8.98. The first-order valence-electron chi connectivity index (χ1n) is 7.22. The molecule has 0 radical (unpaired) electrons. The average Bonchev–Trinajstić information content (AvgIpc) is 2.96. The largest absolute Gasteiger partial charge is 0.484 e. The molecule has 1 aliphatic rings. The first kappa shape index (κ1) is 19.6. The van der Waals surface area contributed by atoms with Gasteiger partial charge in [0.1, 0.15) is 5.75 Å². The van der Waals surface area contributed by atoms with E-state index in [2.05, 4.69) is 15.4 Å². The standard InChI is InChI=1S/C15H19F3N2O2.ClH/c16-15(17,18)10-22-13-3-1-2-12(8-13)20-14(21)5-4-11-6-7-19-9-11;/h1-3,8,11,19H,4-7,9-10H2,(H,20,21);1H. The highest BCUT2D eigenvalue weighted by molar-refractivity contribution is 5.90. The molecule has 4 nitrogen and oxygen atoms in total. The first-order valence-corrected chi connectivity index (χ1v) is 7.22. The third kappa shape index (κ3) is 7.56. The molecule has 1 fully saturated rings. The van der Waals surface area contributed by atoms with Crippen LogP contribution in [0.1, 0.15) is 19.3 Å². The summed E-state index contributed by atoms with van der Waals surface area (Å²) >= 11 is 0. The van der Waals surface area contributed by atoms with Crippen LogP contribution in [0.2, 0.25) is 0 Å². The van der Waals surface area contributed by atoms with Crippen molar-refractivity contribution in [3.05, 3.63) is 24.3 Å². The van der Waals surface area contributed by atoms with E-state index >= 15 is 0 Å². The molecule has 1 aliphatic heterocycles. The molecular formula is C15H20ClF3N2O2. The molecule has 0 aliphatic carbocycles. The molecule has 2 rings (SSSR count). The molecule has 0 aromatic heterocycles. The van der Waals surface area contributed by atoms with Gasteiger partial charge in [-0.1, -0.05) is 6.07 Å². The molecule has 23 heavy (non-hydrogen) atoms. The molecule has 1 unspecified atom stereocenters. The molecule has 8 heteroatoms. The fraction of sp³-hybridized carbons (Fsp3) is 0.533. The van der Waals surface area contributed by atoms with E-state index < -0.39 is 12.8 Å². The van der Waals surface area contributed by atoms with Crippen molar-refractivity contribution in [1.82, 2.24) is 5.32 Å². The van der Waals surface area contributed by atoms with Gasteiger partial charge in [0.15, 0.2) is 6.61 Å². The lowest BCUT2D eigenvalue weighted by atomic mass is 10.0. The van der Waals surface area contributed by atoms with Gasteiger partial charge < -0.3 is 15.4 Å². The monoisotopic (exact) mass is 352 g/mol. The van der Waals surface area contributed by atoms with Gasteiger partial charge in [-0.25, -0.2) is 0 Å². The van der Waals surface area contributed by atoms with Gasteiger partial charge in [0.2, 0.25) is 5.91 Å². The van der Waals surface area contributed by atoms with Gasteiger partial charge >= 0.3 is 6.18 Å². The molecule has 2 N–H and O–H groups in total. The number of nitrogens with one attached hydrogen (secondary N) is 2. The number of rotatable bonds is 6. The molecule has 0 bridgehead atoms. The molecule has 1 atom stereocenters. The summed E-state index contributed by atoms with van der Waals surface area (Å²) in [6.07, 6.45) is -2.09. The molecule has 0 saturated carbocycles. The Balaban J connectivity index is 0.00000264. The van der Waals surface area contributed by atoms with Gasteiger partial charge in [-0.3, -0.25) is 4.79 Å². The zero-order valence-corrected chi connectivity index (χ0v) is 13.3. The zero-order chi connectivity index (χ0) is 16.0. The lowest BCUT2D eigenvalue weighted by Gasteiger charge is -2.11. The van der Waals surface area contributed by atoms with Crippen molar-refractivity contribution in [2.45, 2.75) is 25.4 Å². The van der Waals surface area contributed by atoms with Crippen molar-refractivity contribution in [1.29, 1.82) is 0 Å².